The third kappa shape index (κ3) is 4.68. The number of nitrogen functional groups attached to an aromatic ring is 2. The van der Waals surface area contributed by atoms with Gasteiger partial charge in [0.15, 0.2) is 0 Å². The highest BCUT2D eigenvalue weighted by Gasteiger charge is 2.06. The van der Waals surface area contributed by atoms with Crippen molar-refractivity contribution in [2.24, 2.45) is 0 Å². The highest BCUT2D eigenvalue weighted by Crippen LogP contribution is 2.13. The molecule has 0 fully saturated rings. The molecule has 114 valence electrons. The van der Waals surface area contributed by atoms with Crippen LogP contribution in [0.5, 0.6) is 5.75 Å². The highest BCUT2D eigenvalue weighted by molar-refractivity contribution is 5.85. The van der Waals surface area contributed by atoms with Crippen molar-refractivity contribution in [1.29, 1.82) is 0 Å². The van der Waals surface area contributed by atoms with Crippen LogP contribution in [0.4, 0.5) is 11.6 Å². The molecule has 2 rings (SSSR count). The third-order valence-corrected chi connectivity index (χ3v) is 2.96. The number of aromatic amines is 1. The van der Waals surface area contributed by atoms with E-state index in [0.29, 0.717) is 30.0 Å². The van der Waals surface area contributed by atoms with E-state index in [1.807, 2.05) is 12.1 Å². The molecule has 0 radical (unpaired) electrons. The van der Waals surface area contributed by atoms with Gasteiger partial charge in [-0.1, -0.05) is 0 Å². The molecular weight excluding hydrogens is 292 g/mol. The largest absolute Gasteiger partial charge is 0.494 e. The lowest BCUT2D eigenvalue weighted by atomic mass is 10.1. The zero-order chi connectivity index (χ0) is 14.5. The summed E-state index contributed by atoms with van der Waals surface area (Å²) < 4.78 is 5.57. The first kappa shape index (κ1) is 16.8. The van der Waals surface area contributed by atoms with Crippen LogP contribution in [0.15, 0.2) is 29.1 Å². The average Bonchev–Trinajstić information content (AvgIpc) is 2.39. The Labute approximate surface area is 128 Å². The van der Waals surface area contributed by atoms with E-state index >= 15 is 0 Å². The first-order chi connectivity index (χ1) is 9.56. The molecule has 1 aromatic carbocycles. The number of benzene rings is 1. The average molecular weight is 311 g/mol. The molecule has 0 aliphatic carbocycles. The Bertz CT molecular complexity index is 640. The van der Waals surface area contributed by atoms with Crippen LogP contribution in [0.3, 0.4) is 0 Å². The van der Waals surface area contributed by atoms with Crippen LogP contribution >= 0.6 is 12.4 Å². The van der Waals surface area contributed by atoms with E-state index in [4.69, 9.17) is 16.2 Å². The smallest absolute Gasteiger partial charge is 0.255 e. The van der Waals surface area contributed by atoms with Gasteiger partial charge in [-0.05, 0) is 44.0 Å². The van der Waals surface area contributed by atoms with Crippen LogP contribution in [-0.2, 0) is 6.42 Å². The van der Waals surface area contributed by atoms with E-state index in [-0.39, 0.29) is 23.9 Å². The van der Waals surface area contributed by atoms with Crippen molar-refractivity contribution >= 4 is 24.0 Å². The normalized spacial score (nSPS) is 9.95. The minimum absolute atomic E-state index is 0. The topological polar surface area (TPSA) is 107 Å². The maximum absolute atomic E-state index is 11.7. The number of anilines is 2. The zero-order valence-corrected chi connectivity index (χ0v) is 12.6. The molecule has 0 aliphatic rings. The summed E-state index contributed by atoms with van der Waals surface area (Å²) in [7, 11) is 0. The molecule has 21 heavy (non-hydrogen) atoms. The van der Waals surface area contributed by atoms with Gasteiger partial charge in [0, 0.05) is 16.9 Å². The van der Waals surface area contributed by atoms with Crippen molar-refractivity contribution in [2.75, 3.05) is 18.1 Å². The Morgan fingerprint density at radius 2 is 1.90 bits per heavy atom. The predicted octanol–water partition coefficient (Wildman–Crippen LogP) is 1.68. The van der Waals surface area contributed by atoms with Gasteiger partial charge in [-0.25, -0.2) is 4.98 Å². The summed E-state index contributed by atoms with van der Waals surface area (Å²) in [5.74, 6) is 0.912. The number of H-pyrrole nitrogens is 1. The Kier molecular flexibility index (Phi) is 6.05. The molecule has 0 saturated heterocycles. The molecule has 6 nitrogen and oxygen atoms in total. The lowest BCUT2D eigenvalue weighted by Gasteiger charge is -2.07. The predicted molar refractivity (Wildman–Crippen MR) is 85.9 cm³/mol. The number of nitrogens with one attached hydrogen (secondary N) is 1. The van der Waals surface area contributed by atoms with Crippen LogP contribution in [0.1, 0.15) is 17.7 Å². The Morgan fingerprint density at radius 3 is 2.52 bits per heavy atom. The lowest BCUT2D eigenvalue weighted by molar-refractivity contribution is 0.311. The molecular formula is C14H19ClN4O2. The first-order valence-electron chi connectivity index (χ1n) is 6.40. The maximum atomic E-state index is 11.7. The number of nitrogens with zero attached hydrogens (tertiary/aromatic N) is 1. The zero-order valence-electron chi connectivity index (χ0n) is 11.8. The first-order valence-corrected chi connectivity index (χ1v) is 6.40. The van der Waals surface area contributed by atoms with Gasteiger partial charge in [-0.3, -0.25) is 9.78 Å². The second-order valence-corrected chi connectivity index (χ2v) is 4.54. The SMILES string of the molecule is Cc1nc(N)[nH]c(=O)c1CCCOc1ccc(N)cc1.Cl. The fraction of sp³-hybridized carbons (Fsp3) is 0.286. The van der Waals surface area contributed by atoms with Crippen molar-refractivity contribution in [3.63, 3.8) is 0 Å². The molecule has 1 heterocycles. The highest BCUT2D eigenvalue weighted by atomic mass is 35.5. The number of aryl methyl sites for hydroxylation is 1. The molecule has 0 aliphatic heterocycles. The fourth-order valence-corrected chi connectivity index (χ4v) is 1.93. The van der Waals surface area contributed by atoms with Gasteiger partial charge in [0.25, 0.3) is 5.56 Å². The van der Waals surface area contributed by atoms with Crippen LogP contribution < -0.4 is 21.8 Å². The quantitative estimate of drug-likeness (QED) is 0.575. The van der Waals surface area contributed by atoms with Gasteiger partial charge in [0.05, 0.1) is 6.61 Å². The van der Waals surface area contributed by atoms with E-state index in [0.717, 1.165) is 12.2 Å². The van der Waals surface area contributed by atoms with Crippen LogP contribution in [-0.4, -0.2) is 16.6 Å². The van der Waals surface area contributed by atoms with Crippen LogP contribution in [0.25, 0.3) is 0 Å². The summed E-state index contributed by atoms with van der Waals surface area (Å²) in [5, 5.41) is 0. The Hall–Kier alpha value is -2.21. The Morgan fingerprint density at radius 1 is 1.24 bits per heavy atom. The molecule has 0 spiro atoms. The van der Waals surface area contributed by atoms with E-state index in [9.17, 15) is 4.79 Å². The Balaban J connectivity index is 0.00000220. The molecule has 5 N–H and O–H groups in total. The number of nitrogens with two attached hydrogens (primary N) is 2. The minimum atomic E-state index is -0.178. The summed E-state index contributed by atoms with van der Waals surface area (Å²) in [4.78, 5) is 18.3. The van der Waals surface area contributed by atoms with Gasteiger partial charge in [0.1, 0.15) is 5.75 Å². The number of hydrogen-bond acceptors (Lipinski definition) is 5. The van der Waals surface area contributed by atoms with Crippen molar-refractivity contribution in [2.45, 2.75) is 19.8 Å². The number of halogens is 1. The maximum Gasteiger partial charge on any atom is 0.255 e. The minimum Gasteiger partial charge on any atom is -0.494 e. The number of rotatable bonds is 5. The molecule has 0 amide bonds. The van der Waals surface area contributed by atoms with E-state index in [1.54, 1.807) is 19.1 Å². The van der Waals surface area contributed by atoms with Gasteiger partial charge in [-0.2, -0.15) is 0 Å². The standard InChI is InChI=1S/C14H18N4O2.ClH/c1-9-12(13(19)18-14(16)17-9)3-2-8-20-11-6-4-10(15)5-7-11;/h4-7H,2-3,8,15H2,1H3,(H3,16,17,18,19);1H. The third-order valence-electron chi connectivity index (χ3n) is 2.96. The number of ether oxygens (including phenoxy) is 1. The second kappa shape index (κ2) is 7.54. The summed E-state index contributed by atoms with van der Waals surface area (Å²) in [6, 6.07) is 7.21. The van der Waals surface area contributed by atoms with Gasteiger partial charge in [-0.15, -0.1) is 12.4 Å². The molecule has 0 atom stereocenters. The van der Waals surface area contributed by atoms with Crippen molar-refractivity contribution in [3.05, 3.63) is 45.9 Å². The molecule has 0 saturated carbocycles. The molecule has 2 aromatic rings. The summed E-state index contributed by atoms with van der Waals surface area (Å²) in [6.45, 7) is 2.30. The van der Waals surface area contributed by atoms with E-state index in [2.05, 4.69) is 9.97 Å². The molecule has 7 heteroatoms. The summed E-state index contributed by atoms with van der Waals surface area (Å²) >= 11 is 0. The van der Waals surface area contributed by atoms with E-state index in [1.165, 1.54) is 0 Å². The van der Waals surface area contributed by atoms with E-state index < -0.39 is 0 Å². The van der Waals surface area contributed by atoms with Crippen LogP contribution in [0.2, 0.25) is 0 Å². The second-order valence-electron chi connectivity index (χ2n) is 4.54. The summed E-state index contributed by atoms with van der Waals surface area (Å²) in [6.07, 6.45) is 1.32. The van der Waals surface area contributed by atoms with Gasteiger partial charge < -0.3 is 16.2 Å². The van der Waals surface area contributed by atoms with Gasteiger partial charge in [0.2, 0.25) is 5.95 Å². The molecule has 1 aromatic heterocycles. The number of hydrogen-bond donors (Lipinski definition) is 3. The molecule has 0 bridgehead atoms. The van der Waals surface area contributed by atoms with Gasteiger partial charge >= 0.3 is 0 Å². The fourth-order valence-electron chi connectivity index (χ4n) is 1.93. The van der Waals surface area contributed by atoms with Crippen molar-refractivity contribution < 1.29 is 4.74 Å². The lowest BCUT2D eigenvalue weighted by Crippen LogP contribution is -2.19. The monoisotopic (exact) mass is 310 g/mol. The van der Waals surface area contributed by atoms with Crippen LogP contribution in [0, 0.1) is 6.92 Å². The summed E-state index contributed by atoms with van der Waals surface area (Å²) in [5.41, 5.74) is 12.9. The van der Waals surface area contributed by atoms with Crippen molar-refractivity contribution in [1.82, 2.24) is 9.97 Å². The number of aromatic nitrogens is 2. The molecule has 0 unspecified atom stereocenters. The van der Waals surface area contributed by atoms with Crippen molar-refractivity contribution in [3.8, 4) is 5.75 Å².